The molecule has 1 atom stereocenters. The van der Waals surface area contributed by atoms with E-state index in [-0.39, 0.29) is 0 Å². The number of hydrogen-bond donors (Lipinski definition) is 2. The number of rotatable bonds is 5. The highest BCUT2D eigenvalue weighted by Crippen LogP contribution is 2.21. The first-order chi connectivity index (χ1) is 14.0. The number of hydrogen-bond acceptors (Lipinski definition) is 4. The first-order valence-corrected chi connectivity index (χ1v) is 9.35. The van der Waals surface area contributed by atoms with E-state index in [4.69, 9.17) is 0 Å². The van der Waals surface area contributed by atoms with Gasteiger partial charge in [0.2, 0.25) is 5.91 Å². The molecule has 0 unspecified atom stereocenters. The number of imide groups is 2. The predicted octanol–water partition coefficient (Wildman–Crippen LogP) is 2.99. The number of aromatic nitrogens is 1. The van der Waals surface area contributed by atoms with Gasteiger partial charge in [-0.2, -0.15) is 0 Å². The molecular formula is C22H20N4O3. The third-order valence-corrected chi connectivity index (χ3v) is 4.93. The summed E-state index contributed by atoms with van der Waals surface area (Å²) in [5.74, 6) is -2.38. The third kappa shape index (κ3) is 3.67. The molecule has 2 heterocycles. The Morgan fingerprint density at radius 3 is 2.62 bits per heavy atom. The zero-order valence-electron chi connectivity index (χ0n) is 15.9. The Bertz CT molecular complexity index is 1110. The number of aromatic amines is 1. The molecule has 1 aliphatic heterocycles. The number of carbonyl (C=O) groups is 3. The minimum absolute atomic E-state index is 0.419. The quantitative estimate of drug-likeness (QED) is 0.520. The van der Waals surface area contributed by atoms with Gasteiger partial charge in [0.25, 0.3) is 5.91 Å². The van der Waals surface area contributed by atoms with Crippen LogP contribution in [0.15, 0.2) is 59.7 Å². The molecule has 7 nitrogen and oxygen atoms in total. The van der Waals surface area contributed by atoms with E-state index in [1.165, 1.54) is 6.21 Å². The summed E-state index contributed by atoms with van der Waals surface area (Å²) >= 11 is 0. The smallest absolute Gasteiger partial charge is 0.335 e. The molecule has 4 amide bonds. The lowest BCUT2D eigenvalue weighted by atomic mass is 10.1. The van der Waals surface area contributed by atoms with E-state index in [2.05, 4.69) is 15.3 Å². The first-order valence-electron chi connectivity index (χ1n) is 9.35. The number of benzene rings is 2. The number of aliphatic imine (C=N–C) groups is 1. The van der Waals surface area contributed by atoms with Gasteiger partial charge >= 0.3 is 6.03 Å². The largest absolute Gasteiger partial charge is 0.361 e. The van der Waals surface area contributed by atoms with E-state index in [1.807, 2.05) is 37.4 Å². The fourth-order valence-electron chi connectivity index (χ4n) is 3.36. The maximum absolute atomic E-state index is 12.8. The number of aryl methyl sites for hydroxylation is 1. The highest BCUT2D eigenvalue weighted by molar-refractivity contribution is 6.32. The van der Waals surface area contributed by atoms with E-state index in [0.29, 0.717) is 18.7 Å². The van der Waals surface area contributed by atoms with Crippen LogP contribution in [0, 0.1) is 12.8 Å². The SMILES string of the molecule is Cc1ccc(N2C(=O)NC(=O)[C@@H](C=NCCc3c[nH]c4ccccc34)C2=O)cc1. The molecule has 1 saturated heterocycles. The Balaban J connectivity index is 1.46. The zero-order chi connectivity index (χ0) is 20.4. The van der Waals surface area contributed by atoms with Gasteiger partial charge in [-0.3, -0.25) is 19.9 Å². The number of nitrogens with zero attached hydrogens (tertiary/aromatic N) is 2. The van der Waals surface area contributed by atoms with E-state index >= 15 is 0 Å². The van der Waals surface area contributed by atoms with Crippen molar-refractivity contribution in [1.82, 2.24) is 10.3 Å². The standard InChI is InChI=1S/C22H20N4O3/c1-14-6-8-16(9-7-14)26-21(28)18(20(27)25-22(26)29)13-23-11-10-15-12-24-19-5-3-2-4-17(15)19/h2-9,12-13,18,24H,10-11H2,1H3,(H,25,27,29)/t18-/m1/s1. The van der Waals surface area contributed by atoms with Gasteiger partial charge in [0, 0.05) is 29.9 Å². The summed E-state index contributed by atoms with van der Waals surface area (Å²) in [6.07, 6.45) is 3.94. The Morgan fingerprint density at radius 1 is 1.07 bits per heavy atom. The maximum atomic E-state index is 12.8. The number of para-hydroxylation sites is 1. The van der Waals surface area contributed by atoms with Gasteiger partial charge in [0.05, 0.1) is 5.69 Å². The predicted molar refractivity (Wildman–Crippen MR) is 111 cm³/mol. The van der Waals surface area contributed by atoms with Crippen molar-refractivity contribution in [2.75, 3.05) is 11.4 Å². The summed E-state index contributed by atoms with van der Waals surface area (Å²) in [5.41, 5.74) is 3.60. The molecule has 0 bridgehead atoms. The van der Waals surface area contributed by atoms with Crippen LogP contribution >= 0.6 is 0 Å². The summed E-state index contributed by atoms with van der Waals surface area (Å²) in [6, 6.07) is 14.2. The van der Waals surface area contributed by atoms with Crippen LogP contribution in [-0.4, -0.2) is 35.6 Å². The van der Waals surface area contributed by atoms with Crippen molar-refractivity contribution in [3.05, 3.63) is 65.9 Å². The van der Waals surface area contributed by atoms with Crippen LogP contribution in [-0.2, 0) is 16.0 Å². The van der Waals surface area contributed by atoms with Crippen LogP contribution in [0.25, 0.3) is 10.9 Å². The molecular weight excluding hydrogens is 368 g/mol. The summed E-state index contributed by atoms with van der Waals surface area (Å²) in [7, 11) is 0. The van der Waals surface area contributed by atoms with Gasteiger partial charge in [0.15, 0.2) is 5.92 Å². The highest BCUT2D eigenvalue weighted by Gasteiger charge is 2.40. The van der Waals surface area contributed by atoms with Gasteiger partial charge in [0.1, 0.15) is 0 Å². The van der Waals surface area contributed by atoms with E-state index < -0.39 is 23.8 Å². The van der Waals surface area contributed by atoms with Gasteiger partial charge in [-0.1, -0.05) is 35.9 Å². The van der Waals surface area contributed by atoms with Crippen LogP contribution < -0.4 is 10.2 Å². The van der Waals surface area contributed by atoms with Gasteiger partial charge in [-0.25, -0.2) is 9.69 Å². The minimum atomic E-state index is -1.13. The first kappa shape index (κ1) is 18.6. The molecule has 0 radical (unpaired) electrons. The van der Waals surface area contributed by atoms with E-state index in [1.54, 1.807) is 24.3 Å². The number of barbiturate groups is 1. The van der Waals surface area contributed by atoms with Crippen LogP contribution in [0.1, 0.15) is 11.1 Å². The second kappa shape index (κ2) is 7.71. The zero-order valence-corrected chi connectivity index (χ0v) is 15.9. The van der Waals surface area contributed by atoms with Gasteiger partial charge in [-0.15, -0.1) is 0 Å². The highest BCUT2D eigenvalue weighted by atomic mass is 16.2. The van der Waals surface area contributed by atoms with Gasteiger partial charge < -0.3 is 4.98 Å². The summed E-state index contributed by atoms with van der Waals surface area (Å²) < 4.78 is 0. The van der Waals surface area contributed by atoms with Crippen LogP contribution in [0.2, 0.25) is 0 Å². The van der Waals surface area contributed by atoms with Crippen LogP contribution in [0.3, 0.4) is 0 Å². The lowest BCUT2D eigenvalue weighted by molar-refractivity contribution is -0.131. The molecule has 2 N–H and O–H groups in total. The van der Waals surface area contributed by atoms with Crippen LogP contribution in [0.5, 0.6) is 0 Å². The maximum Gasteiger partial charge on any atom is 0.335 e. The molecule has 4 rings (SSSR count). The van der Waals surface area contributed by atoms with Crippen molar-refractivity contribution in [2.24, 2.45) is 10.9 Å². The van der Waals surface area contributed by atoms with Crippen LogP contribution in [0.4, 0.5) is 10.5 Å². The number of nitrogens with one attached hydrogen (secondary N) is 2. The molecule has 7 heteroatoms. The fraction of sp³-hybridized carbons (Fsp3) is 0.182. The van der Waals surface area contributed by atoms with E-state index in [0.717, 1.165) is 26.9 Å². The second-order valence-electron chi connectivity index (χ2n) is 6.95. The fourth-order valence-corrected chi connectivity index (χ4v) is 3.36. The monoisotopic (exact) mass is 388 g/mol. The second-order valence-corrected chi connectivity index (χ2v) is 6.95. The molecule has 0 saturated carbocycles. The lowest BCUT2D eigenvalue weighted by Gasteiger charge is -2.28. The number of urea groups is 1. The summed E-state index contributed by atoms with van der Waals surface area (Å²) in [6.45, 7) is 2.34. The van der Waals surface area contributed by atoms with Crippen molar-refractivity contribution in [1.29, 1.82) is 0 Å². The Morgan fingerprint density at radius 2 is 1.83 bits per heavy atom. The average Bonchev–Trinajstić information content (AvgIpc) is 3.12. The molecule has 0 spiro atoms. The number of carbonyl (C=O) groups excluding carboxylic acids is 3. The molecule has 3 aromatic rings. The summed E-state index contributed by atoms with van der Waals surface area (Å²) in [4.78, 5) is 45.6. The Kier molecular flexibility index (Phi) is 4.95. The lowest BCUT2D eigenvalue weighted by Crippen LogP contribution is -2.58. The third-order valence-electron chi connectivity index (χ3n) is 4.93. The number of amides is 4. The Hall–Kier alpha value is -3.74. The molecule has 1 fully saturated rings. The number of anilines is 1. The van der Waals surface area contributed by atoms with E-state index in [9.17, 15) is 14.4 Å². The molecule has 29 heavy (non-hydrogen) atoms. The normalized spacial score (nSPS) is 17.3. The van der Waals surface area contributed by atoms with Crippen molar-refractivity contribution in [3.8, 4) is 0 Å². The molecule has 2 aromatic carbocycles. The number of H-pyrrole nitrogens is 1. The van der Waals surface area contributed by atoms with Gasteiger partial charge in [-0.05, 0) is 37.1 Å². The average molecular weight is 388 g/mol. The summed E-state index contributed by atoms with van der Waals surface area (Å²) in [5, 5.41) is 3.36. The molecule has 1 aliphatic rings. The molecule has 146 valence electrons. The molecule has 1 aromatic heterocycles. The Labute approximate surface area is 167 Å². The number of fused-ring (bicyclic) bond motifs is 1. The van der Waals surface area contributed by atoms with Crippen molar-refractivity contribution in [2.45, 2.75) is 13.3 Å². The van der Waals surface area contributed by atoms with Crippen molar-refractivity contribution >= 4 is 40.7 Å². The topological polar surface area (TPSA) is 94.6 Å². The van der Waals surface area contributed by atoms with Crippen molar-refractivity contribution < 1.29 is 14.4 Å². The van der Waals surface area contributed by atoms with Crippen molar-refractivity contribution in [3.63, 3.8) is 0 Å². The minimum Gasteiger partial charge on any atom is -0.361 e. The molecule has 0 aliphatic carbocycles.